The second-order valence-corrected chi connectivity index (χ2v) is 8.43. The molecule has 0 atom stereocenters. The van der Waals surface area contributed by atoms with E-state index >= 15 is 0 Å². The van der Waals surface area contributed by atoms with Crippen molar-refractivity contribution in [2.24, 2.45) is 5.92 Å². The molecule has 4 rings (SSSR count). The summed E-state index contributed by atoms with van der Waals surface area (Å²) in [5.41, 5.74) is 1.02. The van der Waals surface area contributed by atoms with Gasteiger partial charge in [-0.15, -0.1) is 0 Å². The Labute approximate surface area is 181 Å². The van der Waals surface area contributed by atoms with E-state index in [2.05, 4.69) is 15.4 Å². The van der Waals surface area contributed by atoms with Gasteiger partial charge in [0.15, 0.2) is 11.5 Å². The van der Waals surface area contributed by atoms with E-state index in [0.29, 0.717) is 23.2 Å². The lowest BCUT2D eigenvalue weighted by molar-refractivity contribution is -0.137. The maximum atomic E-state index is 12.5. The van der Waals surface area contributed by atoms with Crippen molar-refractivity contribution in [2.45, 2.75) is 25.7 Å². The number of aromatic nitrogens is 1. The Morgan fingerprint density at radius 2 is 1.90 bits per heavy atom. The van der Waals surface area contributed by atoms with Gasteiger partial charge in [-0.25, -0.2) is 0 Å². The summed E-state index contributed by atoms with van der Waals surface area (Å²) in [5, 5.41) is 7.36. The topological polar surface area (TPSA) is 78.7 Å². The normalized spacial score (nSPS) is 18.0. The fraction of sp³-hybridized carbons (Fsp3) is 0.500. The van der Waals surface area contributed by atoms with Crippen LogP contribution >= 0.6 is 11.6 Å². The predicted molar refractivity (Wildman–Crippen MR) is 114 cm³/mol. The average molecular weight is 431 g/mol. The zero-order valence-corrected chi connectivity index (χ0v) is 17.7. The summed E-state index contributed by atoms with van der Waals surface area (Å²) in [5.74, 6) is 0.824. The van der Waals surface area contributed by atoms with E-state index in [9.17, 15) is 9.59 Å². The highest BCUT2D eigenvalue weighted by Gasteiger charge is 2.29. The minimum Gasteiger partial charge on any atom is -0.355 e. The molecule has 1 N–H and O–H groups in total. The Kier molecular flexibility index (Phi) is 6.69. The minimum atomic E-state index is -0.262. The Balaban J connectivity index is 1.20. The Bertz CT molecular complexity index is 886. The molecule has 2 heterocycles. The first-order chi connectivity index (χ1) is 14.6. The van der Waals surface area contributed by atoms with Crippen molar-refractivity contribution in [3.05, 3.63) is 41.0 Å². The highest BCUT2D eigenvalue weighted by atomic mass is 35.5. The molecule has 1 saturated heterocycles. The van der Waals surface area contributed by atoms with Crippen molar-refractivity contribution in [3.63, 3.8) is 0 Å². The largest absolute Gasteiger partial charge is 0.355 e. The van der Waals surface area contributed by atoms with Crippen molar-refractivity contribution < 1.29 is 14.1 Å². The van der Waals surface area contributed by atoms with Gasteiger partial charge in [0.25, 0.3) is 5.91 Å². The molecule has 1 aliphatic heterocycles. The number of carbonyl (C=O) groups is 2. The van der Waals surface area contributed by atoms with E-state index in [-0.39, 0.29) is 17.5 Å². The molecule has 8 heteroatoms. The first-order valence-electron chi connectivity index (χ1n) is 10.6. The Morgan fingerprint density at radius 3 is 2.63 bits per heavy atom. The maximum Gasteiger partial charge on any atom is 0.273 e. The SMILES string of the molecule is O=C(NCCN1CCN(C(=O)C2CCCC2)CC1)c1cc(-c2cccc(Cl)c2)on1. The van der Waals surface area contributed by atoms with Crippen LogP contribution in [0.25, 0.3) is 11.3 Å². The van der Waals surface area contributed by atoms with Gasteiger partial charge in [0, 0.05) is 61.8 Å². The number of benzene rings is 1. The van der Waals surface area contributed by atoms with Gasteiger partial charge in [0.05, 0.1) is 0 Å². The highest BCUT2D eigenvalue weighted by molar-refractivity contribution is 6.30. The molecule has 0 radical (unpaired) electrons. The quantitative estimate of drug-likeness (QED) is 0.762. The van der Waals surface area contributed by atoms with Crippen molar-refractivity contribution in [1.29, 1.82) is 0 Å². The van der Waals surface area contributed by atoms with E-state index in [1.165, 1.54) is 12.8 Å². The van der Waals surface area contributed by atoms with Crippen LogP contribution in [0.15, 0.2) is 34.9 Å². The number of hydrogen-bond donors (Lipinski definition) is 1. The molecule has 1 aromatic carbocycles. The first kappa shape index (κ1) is 20.9. The molecule has 0 spiro atoms. The number of carbonyl (C=O) groups excluding carboxylic acids is 2. The third kappa shape index (κ3) is 5.02. The molecular formula is C22H27ClN4O3. The molecule has 2 fully saturated rings. The molecule has 160 valence electrons. The van der Waals surface area contributed by atoms with Gasteiger partial charge in [-0.2, -0.15) is 0 Å². The zero-order valence-electron chi connectivity index (χ0n) is 17.0. The first-order valence-corrected chi connectivity index (χ1v) is 11.0. The van der Waals surface area contributed by atoms with Crippen molar-refractivity contribution in [2.75, 3.05) is 39.3 Å². The summed E-state index contributed by atoms with van der Waals surface area (Å²) in [6.45, 7) is 4.50. The van der Waals surface area contributed by atoms with Crippen molar-refractivity contribution >= 4 is 23.4 Å². The number of halogens is 1. The highest BCUT2D eigenvalue weighted by Crippen LogP contribution is 2.27. The van der Waals surface area contributed by atoms with Crippen LogP contribution in [0, 0.1) is 5.92 Å². The molecule has 0 unspecified atom stereocenters. The Hall–Kier alpha value is -2.38. The summed E-state index contributed by atoms with van der Waals surface area (Å²) in [4.78, 5) is 29.2. The van der Waals surface area contributed by atoms with E-state index in [0.717, 1.165) is 51.1 Å². The fourth-order valence-electron chi connectivity index (χ4n) is 4.20. The molecule has 1 aromatic heterocycles. The van der Waals surface area contributed by atoms with Crippen LogP contribution in [0.5, 0.6) is 0 Å². The second-order valence-electron chi connectivity index (χ2n) is 7.99. The van der Waals surface area contributed by atoms with Crippen LogP contribution in [0.4, 0.5) is 0 Å². The molecule has 2 aromatic rings. The number of amides is 2. The van der Waals surface area contributed by atoms with Gasteiger partial charge in [-0.3, -0.25) is 14.5 Å². The number of nitrogens with one attached hydrogen (secondary N) is 1. The van der Waals surface area contributed by atoms with E-state index in [4.69, 9.17) is 16.1 Å². The molecular weight excluding hydrogens is 404 g/mol. The lowest BCUT2D eigenvalue weighted by atomic mass is 10.1. The predicted octanol–water partition coefficient (Wildman–Crippen LogP) is 3.06. The smallest absolute Gasteiger partial charge is 0.273 e. The van der Waals surface area contributed by atoms with Crippen LogP contribution in [0.2, 0.25) is 5.02 Å². The van der Waals surface area contributed by atoms with Gasteiger partial charge in [-0.1, -0.05) is 41.7 Å². The fourth-order valence-corrected chi connectivity index (χ4v) is 4.39. The number of rotatable bonds is 6. The summed E-state index contributed by atoms with van der Waals surface area (Å²) < 4.78 is 5.28. The van der Waals surface area contributed by atoms with Crippen LogP contribution in [0.3, 0.4) is 0 Å². The summed E-state index contributed by atoms with van der Waals surface area (Å²) in [6.07, 6.45) is 4.46. The third-order valence-corrected chi connectivity index (χ3v) is 6.19. The summed E-state index contributed by atoms with van der Waals surface area (Å²) in [7, 11) is 0. The molecule has 1 saturated carbocycles. The number of hydrogen-bond acceptors (Lipinski definition) is 5. The van der Waals surface area contributed by atoms with Gasteiger partial charge >= 0.3 is 0 Å². The summed E-state index contributed by atoms with van der Waals surface area (Å²) >= 11 is 6.00. The summed E-state index contributed by atoms with van der Waals surface area (Å²) in [6, 6.07) is 8.83. The van der Waals surface area contributed by atoms with Crippen LogP contribution in [-0.4, -0.2) is 66.0 Å². The van der Waals surface area contributed by atoms with E-state index < -0.39 is 0 Å². The second kappa shape index (κ2) is 9.62. The third-order valence-electron chi connectivity index (χ3n) is 5.95. The standard InChI is InChI=1S/C22H27ClN4O3/c23-18-7-3-6-17(14-18)20-15-19(25-30-20)21(28)24-8-9-26-10-12-27(13-11-26)22(29)16-4-1-2-5-16/h3,6-7,14-16H,1-2,4-5,8-13H2,(H,24,28). The molecule has 7 nitrogen and oxygen atoms in total. The molecule has 2 aliphatic rings. The lowest BCUT2D eigenvalue weighted by Crippen LogP contribution is -2.51. The van der Waals surface area contributed by atoms with Crippen LogP contribution in [-0.2, 0) is 4.79 Å². The number of nitrogens with zero attached hydrogens (tertiary/aromatic N) is 3. The average Bonchev–Trinajstić information content (AvgIpc) is 3.46. The lowest BCUT2D eigenvalue weighted by Gasteiger charge is -2.36. The van der Waals surface area contributed by atoms with Crippen molar-refractivity contribution in [1.82, 2.24) is 20.3 Å². The molecule has 2 amide bonds. The molecule has 1 aliphatic carbocycles. The van der Waals surface area contributed by atoms with E-state index in [1.54, 1.807) is 18.2 Å². The van der Waals surface area contributed by atoms with Gasteiger partial charge < -0.3 is 14.7 Å². The van der Waals surface area contributed by atoms with Crippen LogP contribution in [0.1, 0.15) is 36.2 Å². The Morgan fingerprint density at radius 1 is 1.13 bits per heavy atom. The molecule has 0 bridgehead atoms. The number of piperazine rings is 1. The van der Waals surface area contributed by atoms with Gasteiger partial charge in [-0.05, 0) is 25.0 Å². The van der Waals surface area contributed by atoms with Gasteiger partial charge in [0.1, 0.15) is 0 Å². The van der Waals surface area contributed by atoms with Crippen LogP contribution < -0.4 is 5.32 Å². The van der Waals surface area contributed by atoms with Gasteiger partial charge in [0.2, 0.25) is 5.91 Å². The maximum absolute atomic E-state index is 12.5. The monoisotopic (exact) mass is 430 g/mol. The zero-order chi connectivity index (χ0) is 20.9. The minimum absolute atomic E-state index is 0.245. The van der Waals surface area contributed by atoms with E-state index in [1.807, 2.05) is 17.0 Å². The molecule has 30 heavy (non-hydrogen) atoms. The van der Waals surface area contributed by atoms with Crippen molar-refractivity contribution in [3.8, 4) is 11.3 Å².